The lowest BCUT2D eigenvalue weighted by Crippen LogP contribution is -2.20. The van der Waals surface area contributed by atoms with Crippen molar-refractivity contribution in [3.63, 3.8) is 0 Å². The molecule has 5 heteroatoms. The fourth-order valence-corrected chi connectivity index (χ4v) is 2.16. The Morgan fingerprint density at radius 1 is 1.24 bits per heavy atom. The maximum Gasteiger partial charge on any atom is 0.225 e. The molecule has 2 rings (SSSR count). The van der Waals surface area contributed by atoms with Crippen LogP contribution < -0.4 is 10.2 Å². The lowest BCUT2D eigenvalue weighted by atomic mass is 10.2. The lowest BCUT2D eigenvalue weighted by molar-refractivity contribution is 0.713. The van der Waals surface area contributed by atoms with Crippen molar-refractivity contribution >= 4 is 17.5 Å². The summed E-state index contributed by atoms with van der Waals surface area (Å²) in [5.74, 6) is 0.739. The molecule has 0 aliphatic carbocycles. The van der Waals surface area contributed by atoms with Crippen LogP contribution in [0.2, 0.25) is 5.02 Å². The summed E-state index contributed by atoms with van der Waals surface area (Å²) in [5, 5.41) is 4.04. The van der Waals surface area contributed by atoms with Gasteiger partial charge in [-0.2, -0.15) is 0 Å². The highest BCUT2D eigenvalue weighted by atomic mass is 35.5. The van der Waals surface area contributed by atoms with E-state index in [1.54, 1.807) is 0 Å². The van der Waals surface area contributed by atoms with Crippen molar-refractivity contribution in [1.82, 2.24) is 15.3 Å². The van der Waals surface area contributed by atoms with Crippen LogP contribution in [0.4, 0.5) is 5.95 Å². The van der Waals surface area contributed by atoms with Gasteiger partial charge in [0.05, 0.1) is 0 Å². The van der Waals surface area contributed by atoms with Gasteiger partial charge in [0.1, 0.15) is 0 Å². The van der Waals surface area contributed by atoms with E-state index in [0.717, 1.165) is 41.9 Å². The number of aromatic nitrogens is 2. The minimum absolute atomic E-state index is 0.739. The predicted molar refractivity (Wildman–Crippen MR) is 87.7 cm³/mol. The van der Waals surface area contributed by atoms with Gasteiger partial charge in [-0.3, -0.25) is 0 Å². The maximum absolute atomic E-state index is 5.90. The molecule has 21 heavy (non-hydrogen) atoms. The molecule has 0 fully saturated rings. The van der Waals surface area contributed by atoms with Crippen LogP contribution in [0, 0.1) is 6.92 Å². The molecule has 0 saturated carbocycles. The Kier molecular flexibility index (Phi) is 5.53. The van der Waals surface area contributed by atoms with E-state index in [2.05, 4.69) is 22.2 Å². The first-order valence-corrected chi connectivity index (χ1v) is 7.46. The third-order valence-electron chi connectivity index (χ3n) is 3.31. The summed E-state index contributed by atoms with van der Waals surface area (Å²) >= 11 is 5.90. The molecule has 1 aromatic carbocycles. The van der Waals surface area contributed by atoms with E-state index < -0.39 is 0 Å². The number of benzene rings is 1. The summed E-state index contributed by atoms with van der Waals surface area (Å²) in [7, 11) is 1.99. The Morgan fingerprint density at radius 2 is 1.95 bits per heavy atom. The van der Waals surface area contributed by atoms with E-state index in [1.165, 1.54) is 5.56 Å². The van der Waals surface area contributed by atoms with Crippen LogP contribution >= 0.6 is 11.6 Å². The van der Waals surface area contributed by atoms with Crippen molar-refractivity contribution < 1.29 is 0 Å². The number of rotatable bonds is 6. The van der Waals surface area contributed by atoms with Gasteiger partial charge in [0, 0.05) is 42.6 Å². The van der Waals surface area contributed by atoms with Gasteiger partial charge in [-0.25, -0.2) is 9.97 Å². The van der Waals surface area contributed by atoms with Gasteiger partial charge in [-0.15, -0.1) is 0 Å². The van der Waals surface area contributed by atoms with E-state index >= 15 is 0 Å². The number of halogens is 1. The molecule has 0 saturated heterocycles. The van der Waals surface area contributed by atoms with Gasteiger partial charge in [-0.1, -0.05) is 30.7 Å². The number of anilines is 1. The van der Waals surface area contributed by atoms with E-state index in [-0.39, 0.29) is 0 Å². The van der Waals surface area contributed by atoms with Gasteiger partial charge < -0.3 is 10.2 Å². The topological polar surface area (TPSA) is 41.1 Å². The summed E-state index contributed by atoms with van der Waals surface area (Å²) < 4.78 is 0. The smallest absolute Gasteiger partial charge is 0.225 e. The van der Waals surface area contributed by atoms with E-state index in [1.807, 2.05) is 49.3 Å². The molecule has 0 aliphatic rings. The van der Waals surface area contributed by atoms with Crippen molar-refractivity contribution in [3.8, 4) is 0 Å². The van der Waals surface area contributed by atoms with Crippen LogP contribution in [0.3, 0.4) is 0 Å². The summed E-state index contributed by atoms with van der Waals surface area (Å²) in [4.78, 5) is 11.1. The average Bonchev–Trinajstić information content (AvgIpc) is 2.48. The molecule has 2 aromatic rings. The molecular formula is C16H21ClN4. The highest BCUT2D eigenvalue weighted by Gasteiger charge is 2.08. The Hall–Kier alpha value is -1.65. The third kappa shape index (κ3) is 4.41. The molecule has 0 aliphatic heterocycles. The zero-order valence-corrected chi connectivity index (χ0v) is 13.5. The van der Waals surface area contributed by atoms with Gasteiger partial charge in [0.25, 0.3) is 0 Å². The van der Waals surface area contributed by atoms with Gasteiger partial charge >= 0.3 is 0 Å². The van der Waals surface area contributed by atoms with Gasteiger partial charge in [0.2, 0.25) is 5.95 Å². The zero-order valence-electron chi connectivity index (χ0n) is 12.7. The van der Waals surface area contributed by atoms with Crippen molar-refractivity contribution in [3.05, 3.63) is 52.3 Å². The molecule has 1 N–H and O–H groups in total. The normalized spacial score (nSPS) is 10.7. The number of nitrogens with zero attached hydrogens (tertiary/aromatic N) is 3. The Balaban J connectivity index is 2.06. The van der Waals surface area contributed by atoms with Crippen molar-refractivity contribution in [1.29, 1.82) is 0 Å². The average molecular weight is 305 g/mol. The molecule has 0 spiro atoms. The SMILES string of the molecule is CCNCc1cnc(N(C)Cc2ccc(Cl)cc2)nc1C. The molecule has 112 valence electrons. The first kappa shape index (κ1) is 15.7. The molecule has 0 bridgehead atoms. The number of hydrogen-bond donors (Lipinski definition) is 1. The summed E-state index contributed by atoms with van der Waals surface area (Å²) in [5.41, 5.74) is 3.34. The summed E-state index contributed by atoms with van der Waals surface area (Å²) in [6, 6.07) is 7.84. The maximum atomic E-state index is 5.90. The molecule has 0 unspecified atom stereocenters. The Morgan fingerprint density at radius 3 is 2.57 bits per heavy atom. The van der Waals surface area contributed by atoms with Crippen LogP contribution in [-0.4, -0.2) is 23.6 Å². The van der Waals surface area contributed by atoms with E-state index in [9.17, 15) is 0 Å². The minimum atomic E-state index is 0.739. The lowest BCUT2D eigenvalue weighted by Gasteiger charge is -2.18. The van der Waals surface area contributed by atoms with E-state index in [4.69, 9.17) is 11.6 Å². The number of aryl methyl sites for hydroxylation is 1. The van der Waals surface area contributed by atoms with Crippen molar-refractivity contribution in [2.45, 2.75) is 26.9 Å². The first-order valence-electron chi connectivity index (χ1n) is 7.09. The quantitative estimate of drug-likeness (QED) is 0.890. The monoisotopic (exact) mass is 304 g/mol. The molecule has 4 nitrogen and oxygen atoms in total. The minimum Gasteiger partial charge on any atom is -0.340 e. The molecule has 1 aromatic heterocycles. The molecule has 0 amide bonds. The Labute approximate surface area is 131 Å². The van der Waals surface area contributed by atoms with Crippen LogP contribution in [0.25, 0.3) is 0 Å². The van der Waals surface area contributed by atoms with Crippen LogP contribution in [0.15, 0.2) is 30.5 Å². The Bertz CT molecular complexity index is 583. The molecular weight excluding hydrogens is 284 g/mol. The third-order valence-corrected chi connectivity index (χ3v) is 3.56. The van der Waals surface area contributed by atoms with Crippen LogP contribution in [-0.2, 0) is 13.1 Å². The second-order valence-corrected chi connectivity index (χ2v) is 5.48. The van der Waals surface area contributed by atoms with Gasteiger partial charge in [-0.05, 0) is 31.2 Å². The second-order valence-electron chi connectivity index (χ2n) is 5.04. The van der Waals surface area contributed by atoms with Crippen LogP contribution in [0.1, 0.15) is 23.7 Å². The predicted octanol–water partition coefficient (Wildman–Crippen LogP) is 3.18. The first-order chi connectivity index (χ1) is 10.1. The highest BCUT2D eigenvalue weighted by molar-refractivity contribution is 6.30. The summed E-state index contributed by atoms with van der Waals surface area (Å²) in [6.07, 6.45) is 1.90. The van der Waals surface area contributed by atoms with Crippen LogP contribution in [0.5, 0.6) is 0 Å². The summed E-state index contributed by atoms with van der Waals surface area (Å²) in [6.45, 7) is 6.61. The van der Waals surface area contributed by atoms with Gasteiger partial charge in [0.15, 0.2) is 0 Å². The largest absolute Gasteiger partial charge is 0.340 e. The van der Waals surface area contributed by atoms with E-state index in [0.29, 0.717) is 0 Å². The highest BCUT2D eigenvalue weighted by Crippen LogP contribution is 2.15. The number of hydrogen-bond acceptors (Lipinski definition) is 4. The fraction of sp³-hybridized carbons (Fsp3) is 0.375. The molecule has 0 radical (unpaired) electrons. The number of nitrogens with one attached hydrogen (secondary N) is 1. The second kappa shape index (κ2) is 7.38. The van der Waals surface area contributed by atoms with Crippen molar-refractivity contribution in [2.24, 2.45) is 0 Å². The zero-order chi connectivity index (χ0) is 15.2. The standard InChI is InChI=1S/C16H21ClN4/c1-4-18-9-14-10-19-16(20-12(14)2)21(3)11-13-5-7-15(17)8-6-13/h5-8,10,18H,4,9,11H2,1-3H3. The molecule has 1 heterocycles. The fourth-order valence-electron chi connectivity index (χ4n) is 2.03. The molecule has 0 atom stereocenters. The van der Waals surface area contributed by atoms with Crippen molar-refractivity contribution in [2.75, 3.05) is 18.5 Å².